The van der Waals surface area contributed by atoms with E-state index in [1.807, 2.05) is 4.90 Å². The second-order valence-electron chi connectivity index (χ2n) is 6.25. The first kappa shape index (κ1) is 20.0. The van der Waals surface area contributed by atoms with Gasteiger partial charge in [0.2, 0.25) is 11.0 Å². The number of nitrogens with zero attached hydrogens (tertiary/aromatic N) is 5. The van der Waals surface area contributed by atoms with Crippen molar-refractivity contribution in [2.45, 2.75) is 6.61 Å². The third-order valence-corrected chi connectivity index (χ3v) is 5.16. The summed E-state index contributed by atoms with van der Waals surface area (Å²) in [6, 6.07) is 5.07. The minimum absolute atomic E-state index is 0.0995. The Balaban J connectivity index is 1.41. The fourth-order valence-electron chi connectivity index (χ4n) is 2.78. The number of hydrogen-bond donors (Lipinski definition) is 2. The second-order valence-corrected chi connectivity index (χ2v) is 7.62. The van der Waals surface area contributed by atoms with E-state index in [1.54, 1.807) is 24.4 Å². The number of amides is 2. The Hall–Kier alpha value is -3.31. The van der Waals surface area contributed by atoms with Gasteiger partial charge in [-0.05, 0) is 29.5 Å². The van der Waals surface area contributed by atoms with E-state index in [2.05, 4.69) is 30.8 Å². The first-order valence-corrected chi connectivity index (χ1v) is 10.1. The fraction of sp³-hybridized carbons (Fsp3) is 0.222. The van der Waals surface area contributed by atoms with Crippen LogP contribution in [0.1, 0.15) is 16.1 Å². The summed E-state index contributed by atoms with van der Waals surface area (Å²) < 4.78 is 5.56. The molecule has 4 rings (SSSR count). The molecule has 12 heteroatoms. The number of rotatable bonds is 6. The molecule has 1 fully saturated rings. The predicted octanol–water partition coefficient (Wildman–Crippen LogP) is 1.75. The first-order valence-electron chi connectivity index (χ1n) is 8.92. The molecule has 2 N–H and O–H groups in total. The lowest BCUT2D eigenvalue weighted by Gasteiger charge is -2.29. The zero-order valence-electron chi connectivity index (χ0n) is 15.5. The van der Waals surface area contributed by atoms with Gasteiger partial charge in [0.25, 0.3) is 11.1 Å². The number of carbonyl (C=O) groups is 2. The predicted molar refractivity (Wildman–Crippen MR) is 111 cm³/mol. The number of piperazine rings is 1. The van der Waals surface area contributed by atoms with Crippen LogP contribution in [0.2, 0.25) is 5.02 Å². The van der Waals surface area contributed by atoms with Crippen LogP contribution in [0.4, 0.5) is 10.8 Å². The van der Waals surface area contributed by atoms with Crippen molar-refractivity contribution in [3.8, 4) is 5.19 Å². The second kappa shape index (κ2) is 9.01. The molecule has 0 saturated carbocycles. The van der Waals surface area contributed by atoms with Crippen LogP contribution in [0.3, 0.4) is 0 Å². The molecule has 2 amide bonds. The summed E-state index contributed by atoms with van der Waals surface area (Å²) in [5.41, 5.74) is 1.66. The molecule has 30 heavy (non-hydrogen) atoms. The van der Waals surface area contributed by atoms with Gasteiger partial charge in [-0.2, -0.15) is 0 Å². The maximum absolute atomic E-state index is 12.8. The van der Waals surface area contributed by atoms with E-state index in [-0.39, 0.29) is 25.0 Å². The van der Waals surface area contributed by atoms with E-state index < -0.39 is 0 Å². The van der Waals surface area contributed by atoms with Gasteiger partial charge in [-0.15, -0.1) is 5.10 Å². The van der Waals surface area contributed by atoms with E-state index in [0.29, 0.717) is 45.4 Å². The summed E-state index contributed by atoms with van der Waals surface area (Å²) in [5, 5.41) is 14.5. The molecular formula is C18H16ClN7O3S. The minimum Gasteiger partial charge on any atom is -0.462 e. The van der Waals surface area contributed by atoms with E-state index in [0.717, 1.165) is 11.3 Å². The van der Waals surface area contributed by atoms with Crippen LogP contribution in [0, 0.1) is 0 Å². The zero-order valence-corrected chi connectivity index (χ0v) is 17.1. The third-order valence-electron chi connectivity index (χ3n) is 4.18. The Kier molecular flexibility index (Phi) is 6.00. The largest absolute Gasteiger partial charge is 0.462 e. The maximum atomic E-state index is 12.8. The maximum Gasteiger partial charge on any atom is 0.296 e. The highest BCUT2D eigenvalue weighted by molar-refractivity contribution is 7.17. The molecule has 0 bridgehead atoms. The van der Waals surface area contributed by atoms with Crippen molar-refractivity contribution in [3.05, 3.63) is 53.1 Å². The van der Waals surface area contributed by atoms with Crippen LogP contribution >= 0.6 is 22.9 Å². The van der Waals surface area contributed by atoms with E-state index in [4.69, 9.17) is 16.3 Å². The summed E-state index contributed by atoms with van der Waals surface area (Å²) in [6.45, 7) is 1.47. The molecule has 4 heterocycles. The Morgan fingerprint density at radius 3 is 3.00 bits per heavy atom. The lowest BCUT2D eigenvalue weighted by Crippen LogP contribution is -2.48. The van der Waals surface area contributed by atoms with Gasteiger partial charge >= 0.3 is 0 Å². The zero-order chi connectivity index (χ0) is 20.9. The quantitative estimate of drug-likeness (QED) is 0.588. The number of anilines is 2. The molecule has 154 valence electrons. The Bertz CT molecular complexity index is 1060. The fourth-order valence-corrected chi connectivity index (χ4v) is 3.49. The number of aromatic nitrogens is 4. The first-order chi connectivity index (χ1) is 14.6. The molecule has 3 aromatic heterocycles. The van der Waals surface area contributed by atoms with Crippen LogP contribution in [0.5, 0.6) is 5.19 Å². The number of nitrogens with one attached hydrogen (secondary N) is 2. The lowest BCUT2D eigenvalue weighted by atomic mass is 10.1. The summed E-state index contributed by atoms with van der Waals surface area (Å²) >= 11 is 6.90. The normalized spacial score (nSPS) is 13.6. The molecule has 10 nitrogen and oxygen atoms in total. The third kappa shape index (κ3) is 4.81. The molecule has 3 aromatic rings. The van der Waals surface area contributed by atoms with Crippen LogP contribution in [0.15, 0.2) is 36.8 Å². The molecule has 0 spiro atoms. The molecule has 1 saturated heterocycles. The SMILES string of the molecule is O=C1CN(c2cnccc2C(=O)Nc2nnc(OCc3ccc(Cl)cn3)s2)CCN1. The molecule has 1 aliphatic rings. The van der Waals surface area contributed by atoms with E-state index in [9.17, 15) is 9.59 Å². The van der Waals surface area contributed by atoms with E-state index in [1.165, 1.54) is 12.4 Å². The summed E-state index contributed by atoms with van der Waals surface area (Å²) in [5.74, 6) is -0.474. The summed E-state index contributed by atoms with van der Waals surface area (Å²) in [6.07, 6.45) is 4.63. The molecule has 1 aliphatic heterocycles. The van der Waals surface area contributed by atoms with Gasteiger partial charge in [0.05, 0.1) is 34.7 Å². The van der Waals surface area contributed by atoms with Crippen molar-refractivity contribution < 1.29 is 14.3 Å². The average Bonchev–Trinajstić information content (AvgIpc) is 3.20. The van der Waals surface area contributed by atoms with Crippen molar-refractivity contribution in [2.24, 2.45) is 0 Å². The van der Waals surface area contributed by atoms with Crippen molar-refractivity contribution in [2.75, 3.05) is 29.9 Å². The van der Waals surface area contributed by atoms with Crippen molar-refractivity contribution in [1.82, 2.24) is 25.5 Å². The molecule has 0 aliphatic carbocycles. The molecule has 0 aromatic carbocycles. The monoisotopic (exact) mass is 445 g/mol. The average molecular weight is 446 g/mol. The van der Waals surface area contributed by atoms with Crippen molar-refractivity contribution >= 4 is 45.6 Å². The Morgan fingerprint density at radius 2 is 2.20 bits per heavy atom. The molecule has 0 unspecified atom stereocenters. The number of hydrogen-bond acceptors (Lipinski definition) is 9. The molecular weight excluding hydrogens is 430 g/mol. The van der Waals surface area contributed by atoms with Gasteiger partial charge in [-0.1, -0.05) is 16.7 Å². The van der Waals surface area contributed by atoms with Crippen molar-refractivity contribution in [3.63, 3.8) is 0 Å². The standard InChI is InChI=1S/C18H16ClN7O3S/c19-11-1-2-12(22-7-11)10-29-18-25-24-17(30-18)23-16(28)13-3-4-20-8-14(13)26-6-5-21-15(27)9-26/h1-4,7-8H,5-6,9-10H2,(H,21,27)(H,23,24,28). The minimum atomic E-state index is -0.375. The van der Waals surface area contributed by atoms with E-state index >= 15 is 0 Å². The van der Waals surface area contributed by atoms with Gasteiger partial charge < -0.3 is 15.0 Å². The highest BCUT2D eigenvalue weighted by atomic mass is 35.5. The van der Waals surface area contributed by atoms with Crippen LogP contribution in [0.25, 0.3) is 0 Å². The van der Waals surface area contributed by atoms with Crippen LogP contribution in [-0.2, 0) is 11.4 Å². The smallest absolute Gasteiger partial charge is 0.296 e. The highest BCUT2D eigenvalue weighted by Gasteiger charge is 2.22. The lowest BCUT2D eigenvalue weighted by molar-refractivity contribution is -0.120. The van der Waals surface area contributed by atoms with Gasteiger partial charge in [0.1, 0.15) is 6.61 Å². The highest BCUT2D eigenvalue weighted by Crippen LogP contribution is 2.25. The van der Waals surface area contributed by atoms with Gasteiger partial charge in [-0.3, -0.25) is 24.9 Å². The molecule has 0 radical (unpaired) electrons. The van der Waals surface area contributed by atoms with Crippen LogP contribution in [-0.4, -0.2) is 51.6 Å². The number of ether oxygens (including phenoxy) is 1. The summed E-state index contributed by atoms with van der Waals surface area (Å²) in [7, 11) is 0. The summed E-state index contributed by atoms with van der Waals surface area (Å²) in [4.78, 5) is 34.5. The number of halogens is 1. The van der Waals surface area contributed by atoms with Crippen molar-refractivity contribution in [1.29, 1.82) is 0 Å². The number of pyridine rings is 2. The Morgan fingerprint density at radius 1 is 1.30 bits per heavy atom. The topological polar surface area (TPSA) is 122 Å². The van der Waals surface area contributed by atoms with Gasteiger partial charge in [0, 0.05) is 25.5 Å². The molecule has 0 atom stereocenters. The Labute approximate surface area is 180 Å². The number of carbonyl (C=O) groups excluding carboxylic acids is 2. The van der Waals surface area contributed by atoms with Gasteiger partial charge in [0.15, 0.2) is 0 Å². The van der Waals surface area contributed by atoms with Crippen LogP contribution < -0.4 is 20.3 Å². The van der Waals surface area contributed by atoms with Gasteiger partial charge in [-0.25, -0.2) is 0 Å².